The van der Waals surface area contributed by atoms with Crippen LogP contribution in [0.2, 0.25) is 6.04 Å². The molecule has 0 bridgehead atoms. The fourth-order valence-electron chi connectivity index (χ4n) is 2.21. The smallest absolute Gasteiger partial charge is 0.465 e. The topological polar surface area (TPSA) is 86.7 Å². The van der Waals surface area contributed by atoms with E-state index in [9.17, 15) is 9.90 Å². The van der Waals surface area contributed by atoms with Crippen LogP contribution in [-0.2, 0) is 22.8 Å². The first-order valence-corrected chi connectivity index (χ1v) is 10.4. The van der Waals surface area contributed by atoms with Crippen molar-refractivity contribution in [3.63, 3.8) is 0 Å². The Morgan fingerprint density at radius 3 is 2.00 bits per heavy atom. The SMILES string of the molecule is CCO[Si](CCCN(CCOCCOC)C(=O)O)(OCC)OCC. The molecular weight excluding hydrogens is 334 g/mol. The van der Waals surface area contributed by atoms with Crippen LogP contribution in [0, 0.1) is 0 Å². The van der Waals surface area contributed by atoms with Gasteiger partial charge in [-0.1, -0.05) is 0 Å². The van der Waals surface area contributed by atoms with Crippen molar-refractivity contribution in [2.75, 3.05) is 59.8 Å². The van der Waals surface area contributed by atoms with Crippen LogP contribution >= 0.6 is 0 Å². The maximum atomic E-state index is 11.3. The number of ether oxygens (including phenoxy) is 2. The number of carbonyl (C=O) groups is 1. The maximum Gasteiger partial charge on any atom is 0.500 e. The van der Waals surface area contributed by atoms with Crippen molar-refractivity contribution < 1.29 is 32.7 Å². The van der Waals surface area contributed by atoms with E-state index in [1.807, 2.05) is 20.8 Å². The van der Waals surface area contributed by atoms with Gasteiger partial charge in [-0.2, -0.15) is 0 Å². The molecule has 0 aromatic carbocycles. The van der Waals surface area contributed by atoms with Crippen LogP contribution in [0.15, 0.2) is 0 Å². The van der Waals surface area contributed by atoms with Gasteiger partial charge in [0, 0.05) is 46.1 Å². The van der Waals surface area contributed by atoms with Crippen molar-refractivity contribution in [1.29, 1.82) is 0 Å². The normalized spacial score (nSPS) is 11.7. The van der Waals surface area contributed by atoms with Gasteiger partial charge in [-0.15, -0.1) is 0 Å². The van der Waals surface area contributed by atoms with Crippen LogP contribution in [-0.4, -0.2) is 84.7 Å². The molecule has 0 heterocycles. The molecule has 0 aromatic heterocycles. The van der Waals surface area contributed by atoms with E-state index in [1.165, 1.54) is 4.90 Å². The van der Waals surface area contributed by atoms with Crippen LogP contribution in [0.3, 0.4) is 0 Å². The molecule has 0 rings (SSSR count). The molecule has 0 aromatic rings. The summed E-state index contributed by atoms with van der Waals surface area (Å²) in [5.74, 6) is 0. The zero-order valence-electron chi connectivity index (χ0n) is 15.4. The first kappa shape index (κ1) is 23.3. The molecule has 0 saturated carbocycles. The molecule has 0 aliphatic heterocycles. The molecule has 0 fully saturated rings. The van der Waals surface area contributed by atoms with Crippen LogP contribution in [0.1, 0.15) is 27.2 Å². The summed E-state index contributed by atoms with van der Waals surface area (Å²) in [6.07, 6.45) is -0.335. The summed E-state index contributed by atoms with van der Waals surface area (Å²) in [5.41, 5.74) is 0. The van der Waals surface area contributed by atoms with Gasteiger partial charge < -0.3 is 32.8 Å². The second-order valence-corrected chi connectivity index (χ2v) is 7.69. The van der Waals surface area contributed by atoms with Crippen molar-refractivity contribution in [3.05, 3.63) is 0 Å². The summed E-state index contributed by atoms with van der Waals surface area (Å²) in [4.78, 5) is 12.7. The minimum atomic E-state index is -2.71. The number of methoxy groups -OCH3 is 1. The zero-order valence-corrected chi connectivity index (χ0v) is 16.4. The van der Waals surface area contributed by atoms with E-state index < -0.39 is 14.9 Å². The Morgan fingerprint density at radius 1 is 0.958 bits per heavy atom. The lowest BCUT2D eigenvalue weighted by Crippen LogP contribution is -2.46. The van der Waals surface area contributed by atoms with E-state index in [4.69, 9.17) is 22.8 Å². The van der Waals surface area contributed by atoms with Crippen molar-refractivity contribution in [1.82, 2.24) is 4.90 Å². The fourth-order valence-corrected chi connectivity index (χ4v) is 4.80. The fraction of sp³-hybridized carbons (Fsp3) is 0.933. The van der Waals surface area contributed by atoms with Crippen molar-refractivity contribution in [2.24, 2.45) is 0 Å². The minimum Gasteiger partial charge on any atom is -0.465 e. The molecule has 0 aliphatic carbocycles. The average Bonchev–Trinajstić information content (AvgIpc) is 2.53. The second-order valence-electron chi connectivity index (χ2n) is 4.96. The van der Waals surface area contributed by atoms with Gasteiger partial charge in [0.25, 0.3) is 0 Å². The maximum absolute atomic E-state index is 11.3. The Hall–Kier alpha value is -0.713. The Bertz CT molecular complexity index is 303. The molecule has 8 nitrogen and oxygen atoms in total. The first-order valence-electron chi connectivity index (χ1n) is 8.51. The summed E-state index contributed by atoms with van der Waals surface area (Å²) in [5, 5.41) is 9.28. The minimum absolute atomic E-state index is 0.325. The largest absolute Gasteiger partial charge is 0.500 e. The van der Waals surface area contributed by atoms with Crippen LogP contribution in [0.4, 0.5) is 4.79 Å². The Balaban J connectivity index is 4.36. The van der Waals surface area contributed by atoms with E-state index in [0.717, 1.165) is 0 Å². The van der Waals surface area contributed by atoms with Crippen molar-refractivity contribution in [3.8, 4) is 0 Å². The van der Waals surface area contributed by atoms with E-state index in [0.29, 0.717) is 65.2 Å². The molecule has 9 heteroatoms. The molecule has 0 aliphatic rings. The van der Waals surface area contributed by atoms with Gasteiger partial charge in [-0.25, -0.2) is 4.79 Å². The first-order chi connectivity index (χ1) is 11.5. The van der Waals surface area contributed by atoms with E-state index in [-0.39, 0.29) is 0 Å². The molecule has 0 atom stereocenters. The molecule has 0 spiro atoms. The summed E-state index contributed by atoms with van der Waals surface area (Å²) >= 11 is 0. The van der Waals surface area contributed by atoms with Gasteiger partial charge in [0.2, 0.25) is 0 Å². The van der Waals surface area contributed by atoms with Crippen LogP contribution < -0.4 is 0 Å². The highest BCUT2D eigenvalue weighted by molar-refractivity contribution is 6.60. The van der Waals surface area contributed by atoms with Gasteiger partial charge in [-0.3, -0.25) is 0 Å². The van der Waals surface area contributed by atoms with E-state index in [1.54, 1.807) is 7.11 Å². The number of hydrogen-bond donors (Lipinski definition) is 1. The van der Waals surface area contributed by atoms with Crippen LogP contribution in [0.25, 0.3) is 0 Å². The van der Waals surface area contributed by atoms with Gasteiger partial charge in [0.05, 0.1) is 19.8 Å². The zero-order chi connectivity index (χ0) is 18.3. The molecule has 144 valence electrons. The van der Waals surface area contributed by atoms with Crippen molar-refractivity contribution >= 4 is 14.9 Å². The Kier molecular flexibility index (Phi) is 14.2. The third-order valence-electron chi connectivity index (χ3n) is 3.21. The summed E-state index contributed by atoms with van der Waals surface area (Å²) in [6, 6.07) is 0.594. The quantitative estimate of drug-likeness (QED) is 0.330. The third-order valence-corrected chi connectivity index (χ3v) is 6.36. The summed E-state index contributed by atoms with van der Waals surface area (Å²) < 4.78 is 27.5. The Morgan fingerprint density at radius 2 is 1.54 bits per heavy atom. The molecule has 0 radical (unpaired) electrons. The third kappa shape index (κ3) is 10.2. The highest BCUT2D eigenvalue weighted by Crippen LogP contribution is 2.18. The predicted octanol–water partition coefficient (Wildman–Crippen LogP) is 2.07. The van der Waals surface area contributed by atoms with E-state index in [2.05, 4.69) is 0 Å². The predicted molar refractivity (Wildman–Crippen MR) is 92.3 cm³/mol. The summed E-state index contributed by atoms with van der Waals surface area (Å²) in [6.45, 7) is 9.28. The molecule has 24 heavy (non-hydrogen) atoms. The average molecular weight is 368 g/mol. The van der Waals surface area contributed by atoms with Gasteiger partial charge >= 0.3 is 14.9 Å². The second kappa shape index (κ2) is 14.6. The van der Waals surface area contributed by atoms with Gasteiger partial charge in [-0.05, 0) is 27.2 Å². The van der Waals surface area contributed by atoms with Crippen molar-refractivity contribution in [2.45, 2.75) is 33.2 Å². The van der Waals surface area contributed by atoms with E-state index >= 15 is 0 Å². The standard InChI is InChI=1S/C15H33NO7Si/c1-5-21-24(22-6-2,23-7-3)14-8-9-16(15(17)18)10-11-20-13-12-19-4/h5-14H2,1-4H3,(H,17,18). The van der Waals surface area contributed by atoms with Gasteiger partial charge in [0.15, 0.2) is 0 Å². The molecule has 0 unspecified atom stereocenters. The number of nitrogens with zero attached hydrogens (tertiary/aromatic N) is 1. The van der Waals surface area contributed by atoms with Crippen LogP contribution in [0.5, 0.6) is 0 Å². The Labute approximate surface area is 146 Å². The lowest BCUT2D eigenvalue weighted by molar-refractivity contribution is 0.0547. The highest BCUT2D eigenvalue weighted by Gasteiger charge is 2.39. The van der Waals surface area contributed by atoms with Gasteiger partial charge in [0.1, 0.15) is 0 Å². The number of carboxylic acid groups (broad SMARTS) is 1. The molecule has 0 saturated heterocycles. The molecule has 1 amide bonds. The number of amides is 1. The summed E-state index contributed by atoms with van der Waals surface area (Å²) in [7, 11) is -1.12. The molecular formula is C15H33NO7Si. The lowest BCUT2D eigenvalue weighted by atomic mass is 10.4. The number of hydrogen-bond acceptors (Lipinski definition) is 6. The highest BCUT2D eigenvalue weighted by atomic mass is 28.4. The monoisotopic (exact) mass is 367 g/mol. The number of rotatable bonds is 16. The lowest BCUT2D eigenvalue weighted by Gasteiger charge is -2.29. The molecule has 1 N–H and O–H groups in total.